The van der Waals surface area contributed by atoms with Crippen molar-refractivity contribution in [3.8, 4) is 0 Å². The van der Waals surface area contributed by atoms with Crippen LogP contribution in [0, 0.1) is 5.92 Å². The van der Waals surface area contributed by atoms with Crippen molar-refractivity contribution >= 4 is 23.7 Å². The Morgan fingerprint density at radius 3 is 2.13 bits per heavy atom. The largest absolute Gasteiger partial charge is 0.355 e. The molecule has 2 aliphatic rings. The van der Waals surface area contributed by atoms with Crippen molar-refractivity contribution < 1.29 is 24.0 Å². The highest BCUT2D eigenvalue weighted by molar-refractivity contribution is 6.21. The molecule has 0 spiro atoms. The highest BCUT2D eigenvalue weighted by atomic mass is 16.7. The van der Waals surface area contributed by atoms with Gasteiger partial charge in [0.25, 0.3) is 11.8 Å². The minimum Gasteiger partial charge on any atom is -0.327 e. The summed E-state index contributed by atoms with van der Waals surface area (Å²) in [5.74, 6) is -2.19. The highest BCUT2D eigenvalue weighted by Crippen LogP contribution is 2.28. The third-order valence-electron chi connectivity index (χ3n) is 5.36. The molecule has 30 heavy (non-hydrogen) atoms. The van der Waals surface area contributed by atoms with Gasteiger partial charge in [0, 0.05) is 19.4 Å². The van der Waals surface area contributed by atoms with Crippen LogP contribution in [0.25, 0.3) is 0 Å². The van der Waals surface area contributed by atoms with E-state index in [2.05, 4.69) is 0 Å². The molecule has 0 saturated heterocycles. The van der Waals surface area contributed by atoms with E-state index in [9.17, 15) is 19.2 Å². The van der Waals surface area contributed by atoms with Crippen molar-refractivity contribution in [1.82, 2.24) is 9.96 Å². The van der Waals surface area contributed by atoms with Crippen molar-refractivity contribution in [2.45, 2.75) is 39.3 Å². The molecular formula is C23H22N2O5. The number of rotatable bonds is 4. The number of hydrogen-bond acceptors (Lipinski definition) is 5. The van der Waals surface area contributed by atoms with Gasteiger partial charge in [-0.15, -0.1) is 0 Å². The Bertz CT molecular complexity index is 1010. The van der Waals surface area contributed by atoms with Gasteiger partial charge in [-0.1, -0.05) is 55.3 Å². The second-order valence-corrected chi connectivity index (χ2v) is 7.97. The second-order valence-electron chi connectivity index (χ2n) is 7.97. The molecule has 7 heteroatoms. The molecule has 0 bridgehead atoms. The summed E-state index contributed by atoms with van der Waals surface area (Å²) >= 11 is 0. The topological polar surface area (TPSA) is 84.0 Å². The molecule has 154 valence electrons. The fourth-order valence-corrected chi connectivity index (χ4v) is 3.86. The van der Waals surface area contributed by atoms with Crippen LogP contribution in [-0.4, -0.2) is 39.7 Å². The van der Waals surface area contributed by atoms with Gasteiger partial charge in [0.15, 0.2) is 0 Å². The molecule has 1 unspecified atom stereocenters. The van der Waals surface area contributed by atoms with E-state index in [0.29, 0.717) is 11.5 Å². The smallest absolute Gasteiger partial charge is 0.327 e. The Labute approximate surface area is 174 Å². The van der Waals surface area contributed by atoms with E-state index < -0.39 is 23.8 Å². The third-order valence-corrected chi connectivity index (χ3v) is 5.36. The molecule has 2 heterocycles. The highest BCUT2D eigenvalue weighted by Gasteiger charge is 2.42. The average Bonchev–Trinajstić information content (AvgIpc) is 2.97. The fourth-order valence-electron chi connectivity index (χ4n) is 3.86. The van der Waals surface area contributed by atoms with Gasteiger partial charge in [-0.2, -0.15) is 0 Å². The van der Waals surface area contributed by atoms with Crippen LogP contribution in [0.3, 0.4) is 0 Å². The lowest BCUT2D eigenvalue weighted by atomic mass is 9.93. The maximum Gasteiger partial charge on any atom is 0.355 e. The van der Waals surface area contributed by atoms with Gasteiger partial charge in [0.05, 0.1) is 11.1 Å². The zero-order valence-electron chi connectivity index (χ0n) is 16.8. The number of hydrogen-bond donors (Lipinski definition) is 0. The zero-order valence-corrected chi connectivity index (χ0v) is 16.8. The SMILES string of the molecule is CC(C)CC(=O)N1Cc2ccccc2CC1C(=O)ON1C(=O)c2ccccc2C1=O. The first kappa shape index (κ1) is 19.8. The first-order valence-corrected chi connectivity index (χ1v) is 9.92. The van der Waals surface area contributed by atoms with Crippen LogP contribution in [-0.2, 0) is 27.4 Å². The van der Waals surface area contributed by atoms with Crippen LogP contribution in [0.2, 0.25) is 0 Å². The molecule has 2 aromatic carbocycles. The van der Waals surface area contributed by atoms with Gasteiger partial charge >= 0.3 is 5.97 Å². The van der Waals surface area contributed by atoms with Crippen LogP contribution in [0.1, 0.15) is 52.1 Å². The Morgan fingerprint density at radius 2 is 1.53 bits per heavy atom. The number of imide groups is 1. The van der Waals surface area contributed by atoms with Crippen molar-refractivity contribution in [3.63, 3.8) is 0 Å². The van der Waals surface area contributed by atoms with Gasteiger partial charge in [-0.25, -0.2) is 4.79 Å². The molecule has 0 fully saturated rings. The molecular weight excluding hydrogens is 384 g/mol. The molecule has 0 aliphatic carbocycles. The quantitative estimate of drug-likeness (QED) is 0.729. The number of nitrogens with zero attached hydrogens (tertiary/aromatic N) is 2. The van der Waals surface area contributed by atoms with E-state index in [1.807, 2.05) is 38.1 Å². The predicted octanol–water partition coefficient (Wildman–Crippen LogP) is 2.74. The van der Waals surface area contributed by atoms with Crippen LogP contribution in [0.15, 0.2) is 48.5 Å². The van der Waals surface area contributed by atoms with E-state index in [-0.39, 0.29) is 35.9 Å². The summed E-state index contributed by atoms with van der Waals surface area (Å²) in [5.41, 5.74) is 2.30. The van der Waals surface area contributed by atoms with Crippen LogP contribution < -0.4 is 0 Å². The summed E-state index contributed by atoms with van der Waals surface area (Å²) in [4.78, 5) is 57.7. The van der Waals surface area contributed by atoms with Gasteiger partial charge in [-0.3, -0.25) is 14.4 Å². The third kappa shape index (κ3) is 3.47. The number of carbonyl (C=O) groups is 4. The van der Waals surface area contributed by atoms with Crippen molar-refractivity contribution in [2.24, 2.45) is 5.92 Å². The van der Waals surface area contributed by atoms with Crippen LogP contribution in [0.5, 0.6) is 0 Å². The normalized spacial score (nSPS) is 17.8. The van der Waals surface area contributed by atoms with Crippen molar-refractivity contribution in [1.29, 1.82) is 0 Å². The Balaban J connectivity index is 1.59. The van der Waals surface area contributed by atoms with Crippen molar-refractivity contribution in [3.05, 3.63) is 70.8 Å². The fraction of sp³-hybridized carbons (Fsp3) is 0.304. The lowest BCUT2D eigenvalue weighted by Crippen LogP contribution is -2.51. The molecule has 3 amide bonds. The summed E-state index contributed by atoms with van der Waals surface area (Å²) in [5, 5.41) is 0.499. The molecule has 0 N–H and O–H groups in total. The summed E-state index contributed by atoms with van der Waals surface area (Å²) in [6.07, 6.45) is 0.557. The van der Waals surface area contributed by atoms with Gasteiger partial charge in [-0.05, 0) is 29.2 Å². The first-order valence-electron chi connectivity index (χ1n) is 9.92. The molecule has 7 nitrogen and oxygen atoms in total. The number of carbonyl (C=O) groups excluding carboxylic acids is 4. The summed E-state index contributed by atoms with van der Waals surface area (Å²) in [6.45, 7) is 4.15. The lowest BCUT2D eigenvalue weighted by molar-refractivity contribution is -0.177. The van der Waals surface area contributed by atoms with E-state index in [4.69, 9.17) is 4.84 Å². The molecule has 0 saturated carbocycles. The summed E-state index contributed by atoms with van der Waals surface area (Å²) in [7, 11) is 0. The summed E-state index contributed by atoms with van der Waals surface area (Å²) < 4.78 is 0. The van der Waals surface area contributed by atoms with Gasteiger partial charge < -0.3 is 9.74 Å². The standard InChI is InChI=1S/C23H22N2O5/c1-14(2)11-20(26)24-13-16-8-4-3-7-15(16)12-19(24)23(29)30-25-21(27)17-9-5-6-10-18(17)22(25)28/h3-10,14,19H,11-13H2,1-2H3. The maximum atomic E-state index is 13.0. The monoisotopic (exact) mass is 406 g/mol. The zero-order chi connectivity index (χ0) is 21.4. The van der Waals surface area contributed by atoms with E-state index in [0.717, 1.165) is 11.1 Å². The van der Waals surface area contributed by atoms with E-state index in [1.54, 1.807) is 12.1 Å². The molecule has 1 atom stereocenters. The predicted molar refractivity (Wildman–Crippen MR) is 107 cm³/mol. The molecule has 0 radical (unpaired) electrons. The molecule has 4 rings (SSSR count). The first-order chi connectivity index (χ1) is 14.4. The maximum absolute atomic E-state index is 13.0. The van der Waals surface area contributed by atoms with Crippen LogP contribution in [0.4, 0.5) is 0 Å². The number of amides is 3. The van der Waals surface area contributed by atoms with E-state index in [1.165, 1.54) is 17.0 Å². The Kier molecular flexibility index (Phi) is 5.11. The molecule has 0 aromatic heterocycles. The molecule has 2 aromatic rings. The lowest BCUT2D eigenvalue weighted by Gasteiger charge is -2.36. The number of hydroxylamine groups is 2. The average molecular weight is 406 g/mol. The van der Waals surface area contributed by atoms with Crippen LogP contribution >= 0.6 is 0 Å². The Hall–Kier alpha value is -3.48. The van der Waals surface area contributed by atoms with E-state index >= 15 is 0 Å². The molecule has 2 aliphatic heterocycles. The minimum atomic E-state index is -0.907. The summed E-state index contributed by atoms with van der Waals surface area (Å²) in [6, 6.07) is 13.0. The minimum absolute atomic E-state index is 0.127. The van der Waals surface area contributed by atoms with Gasteiger partial charge in [0.2, 0.25) is 5.91 Å². The number of fused-ring (bicyclic) bond motifs is 2. The van der Waals surface area contributed by atoms with Gasteiger partial charge in [0.1, 0.15) is 6.04 Å². The Morgan fingerprint density at radius 1 is 0.967 bits per heavy atom. The second kappa shape index (κ2) is 7.74. The number of benzene rings is 2. The van der Waals surface area contributed by atoms with Crippen molar-refractivity contribution in [2.75, 3.05) is 0 Å².